The Morgan fingerprint density at radius 1 is 0.864 bits per heavy atom. The van der Waals surface area contributed by atoms with Crippen molar-refractivity contribution in [3.05, 3.63) is 46.9 Å². The minimum absolute atomic E-state index is 0.0985. The predicted octanol–water partition coefficient (Wildman–Crippen LogP) is 11.0. The van der Waals surface area contributed by atoms with Crippen LogP contribution in [0, 0.1) is 35.3 Å². The minimum Gasteiger partial charge on any atom is -0.490 e. The zero-order chi connectivity index (χ0) is 31.5. The third-order valence-electron chi connectivity index (χ3n) is 9.51. The van der Waals surface area contributed by atoms with Gasteiger partial charge in [-0.2, -0.15) is 8.78 Å². The van der Waals surface area contributed by atoms with Gasteiger partial charge in [0.2, 0.25) is 11.8 Å². The first-order valence-corrected chi connectivity index (χ1v) is 17.0. The van der Waals surface area contributed by atoms with Crippen LogP contribution in [0.2, 0.25) is 0 Å². The largest absolute Gasteiger partial charge is 0.490 e. The average Bonchev–Trinajstić information content (AvgIpc) is 3.84. The van der Waals surface area contributed by atoms with E-state index in [1.807, 2.05) is 0 Å². The smallest absolute Gasteiger partial charge is 0.280 e. The van der Waals surface area contributed by atoms with Crippen LogP contribution >= 0.6 is 0 Å². The van der Waals surface area contributed by atoms with E-state index in [0.29, 0.717) is 13.0 Å². The van der Waals surface area contributed by atoms with Crippen molar-refractivity contribution in [1.29, 1.82) is 0 Å². The number of aryl methyl sites for hydroxylation is 1. The molecule has 1 aromatic heterocycles. The average molecular weight is 624 g/mol. The molecular formula is C36H50F5NO2. The highest BCUT2D eigenvalue weighted by molar-refractivity contribution is 5.63. The maximum absolute atomic E-state index is 15.4. The topological polar surface area (TPSA) is 31.4 Å². The lowest BCUT2D eigenvalue weighted by Crippen LogP contribution is -2.33. The van der Waals surface area contributed by atoms with E-state index in [4.69, 9.17) is 9.47 Å². The SMILES string of the molecule is CCCCCOCCCCCC1CCc2cc(-c3ccc(OCCCCCC(CC)C4CC4)c(F)c3F)nc(F)c2C1(F)F. The van der Waals surface area contributed by atoms with E-state index < -0.39 is 35.0 Å². The first-order chi connectivity index (χ1) is 21.3. The number of aromatic nitrogens is 1. The molecule has 0 spiro atoms. The van der Waals surface area contributed by atoms with Gasteiger partial charge in [-0.05, 0) is 87.0 Å². The second-order valence-electron chi connectivity index (χ2n) is 12.8. The third kappa shape index (κ3) is 9.17. The highest BCUT2D eigenvalue weighted by Crippen LogP contribution is 2.48. The number of fused-ring (bicyclic) bond motifs is 1. The second-order valence-corrected chi connectivity index (χ2v) is 12.8. The molecule has 3 nitrogen and oxygen atoms in total. The summed E-state index contributed by atoms with van der Waals surface area (Å²) in [6, 6.07) is 3.86. The van der Waals surface area contributed by atoms with Crippen LogP contribution in [0.3, 0.4) is 0 Å². The van der Waals surface area contributed by atoms with E-state index in [0.717, 1.165) is 69.8 Å². The molecule has 2 aliphatic rings. The van der Waals surface area contributed by atoms with Crippen LogP contribution in [-0.2, 0) is 17.1 Å². The van der Waals surface area contributed by atoms with Gasteiger partial charge >= 0.3 is 0 Å². The molecule has 2 unspecified atom stereocenters. The normalized spacial score (nSPS) is 18.3. The standard InChI is InChI=1S/C36H50F5NO2/c1-3-5-10-21-43-22-11-7-9-14-28-18-17-27-24-30(42-35(39)32(27)36(28,40)41)29-19-20-31(34(38)33(29)37)44-23-12-6-8-13-25(4-2)26-15-16-26/h19-20,24-26,28H,3-18,21-23H2,1-2H3. The molecule has 0 N–H and O–H groups in total. The number of unbranched alkanes of at least 4 members (excludes halogenated alkanes) is 6. The van der Waals surface area contributed by atoms with Crippen molar-refractivity contribution < 1.29 is 31.4 Å². The summed E-state index contributed by atoms with van der Waals surface area (Å²) in [4.78, 5) is 3.69. The van der Waals surface area contributed by atoms with Crippen LogP contribution in [0.5, 0.6) is 5.75 Å². The van der Waals surface area contributed by atoms with Gasteiger partial charge in [-0.3, -0.25) is 0 Å². The van der Waals surface area contributed by atoms with Crippen LogP contribution in [0.15, 0.2) is 18.2 Å². The number of alkyl halides is 2. The number of hydrogen-bond donors (Lipinski definition) is 0. The van der Waals surface area contributed by atoms with Gasteiger partial charge in [-0.15, -0.1) is 0 Å². The number of benzene rings is 1. The van der Waals surface area contributed by atoms with Gasteiger partial charge in [-0.1, -0.05) is 65.2 Å². The Morgan fingerprint density at radius 3 is 2.32 bits per heavy atom. The molecule has 0 aliphatic heterocycles. The third-order valence-corrected chi connectivity index (χ3v) is 9.51. The molecule has 0 bridgehead atoms. The van der Waals surface area contributed by atoms with E-state index in [2.05, 4.69) is 18.8 Å². The van der Waals surface area contributed by atoms with Crippen molar-refractivity contribution in [2.24, 2.45) is 17.8 Å². The van der Waals surface area contributed by atoms with Crippen LogP contribution in [0.4, 0.5) is 22.0 Å². The van der Waals surface area contributed by atoms with Gasteiger partial charge in [0.05, 0.1) is 17.9 Å². The number of rotatable bonds is 20. The predicted molar refractivity (Wildman–Crippen MR) is 165 cm³/mol. The fourth-order valence-corrected chi connectivity index (χ4v) is 6.67. The van der Waals surface area contributed by atoms with Gasteiger partial charge in [0, 0.05) is 24.7 Å². The van der Waals surface area contributed by atoms with Gasteiger partial charge in [-0.25, -0.2) is 18.2 Å². The lowest BCUT2D eigenvalue weighted by Gasteiger charge is -2.33. The molecular weight excluding hydrogens is 573 g/mol. The lowest BCUT2D eigenvalue weighted by molar-refractivity contribution is -0.0825. The van der Waals surface area contributed by atoms with E-state index >= 15 is 17.6 Å². The summed E-state index contributed by atoms with van der Waals surface area (Å²) in [7, 11) is 0. The number of pyridine rings is 1. The Hall–Kier alpha value is -2.22. The van der Waals surface area contributed by atoms with Gasteiger partial charge in [0.25, 0.3) is 5.92 Å². The Balaban J connectivity index is 1.29. The molecule has 1 fully saturated rings. The van der Waals surface area contributed by atoms with Crippen LogP contribution < -0.4 is 4.74 Å². The molecule has 1 heterocycles. The van der Waals surface area contributed by atoms with Crippen molar-refractivity contribution in [3.63, 3.8) is 0 Å². The zero-order valence-electron chi connectivity index (χ0n) is 26.6. The monoisotopic (exact) mass is 623 g/mol. The number of nitrogens with zero attached hydrogens (tertiary/aromatic N) is 1. The van der Waals surface area contributed by atoms with Crippen molar-refractivity contribution in [2.45, 2.75) is 123 Å². The first kappa shape index (κ1) is 34.6. The summed E-state index contributed by atoms with van der Waals surface area (Å²) < 4.78 is 87.1. The van der Waals surface area contributed by atoms with E-state index in [9.17, 15) is 4.39 Å². The molecule has 0 radical (unpaired) electrons. The van der Waals surface area contributed by atoms with Gasteiger partial charge in [0.15, 0.2) is 11.6 Å². The van der Waals surface area contributed by atoms with E-state index in [1.165, 1.54) is 43.9 Å². The highest BCUT2D eigenvalue weighted by Gasteiger charge is 2.48. The maximum atomic E-state index is 15.4. The molecule has 4 rings (SSSR count). The molecule has 44 heavy (non-hydrogen) atoms. The quantitative estimate of drug-likeness (QED) is 0.0835. The summed E-state index contributed by atoms with van der Waals surface area (Å²) in [5.74, 6) is -6.62. The summed E-state index contributed by atoms with van der Waals surface area (Å²) in [5.41, 5.74) is -1.08. The minimum atomic E-state index is -3.38. The second kappa shape index (κ2) is 16.9. The van der Waals surface area contributed by atoms with Crippen LogP contribution in [0.1, 0.15) is 121 Å². The molecule has 8 heteroatoms. The Morgan fingerprint density at radius 2 is 1.59 bits per heavy atom. The number of halogens is 5. The fourth-order valence-electron chi connectivity index (χ4n) is 6.67. The fraction of sp³-hybridized carbons (Fsp3) is 0.694. The molecule has 1 aromatic carbocycles. The lowest BCUT2D eigenvalue weighted by atomic mass is 9.78. The molecule has 2 aliphatic carbocycles. The number of hydrogen-bond acceptors (Lipinski definition) is 3. The maximum Gasteiger partial charge on any atom is 0.280 e. The molecule has 246 valence electrons. The van der Waals surface area contributed by atoms with Gasteiger partial charge < -0.3 is 9.47 Å². The Labute approximate surface area is 260 Å². The first-order valence-electron chi connectivity index (χ1n) is 17.0. The van der Waals surface area contributed by atoms with Gasteiger partial charge in [0.1, 0.15) is 0 Å². The highest BCUT2D eigenvalue weighted by atomic mass is 19.3. The van der Waals surface area contributed by atoms with Crippen molar-refractivity contribution in [2.75, 3.05) is 19.8 Å². The summed E-state index contributed by atoms with van der Waals surface area (Å²) in [5, 5.41) is 0. The summed E-state index contributed by atoms with van der Waals surface area (Å²) in [6.45, 7) is 6.00. The molecule has 0 saturated heterocycles. The summed E-state index contributed by atoms with van der Waals surface area (Å²) in [6.07, 6.45) is 14.1. The van der Waals surface area contributed by atoms with E-state index in [1.54, 1.807) is 0 Å². The van der Waals surface area contributed by atoms with E-state index in [-0.39, 0.29) is 48.4 Å². The Bertz CT molecular complexity index is 1190. The zero-order valence-corrected chi connectivity index (χ0v) is 26.6. The molecule has 0 amide bonds. The Kier molecular flexibility index (Phi) is 13.3. The van der Waals surface area contributed by atoms with Crippen LogP contribution in [-0.4, -0.2) is 24.8 Å². The van der Waals surface area contributed by atoms with Crippen molar-refractivity contribution >= 4 is 0 Å². The molecule has 2 aromatic rings. The molecule has 2 atom stereocenters. The van der Waals surface area contributed by atoms with Crippen molar-refractivity contribution in [1.82, 2.24) is 4.98 Å². The molecule has 1 saturated carbocycles. The van der Waals surface area contributed by atoms with Crippen LogP contribution in [0.25, 0.3) is 11.3 Å². The van der Waals surface area contributed by atoms with Crippen molar-refractivity contribution in [3.8, 4) is 17.0 Å². The summed E-state index contributed by atoms with van der Waals surface area (Å²) >= 11 is 0. The number of ether oxygens (including phenoxy) is 2.